The second kappa shape index (κ2) is 3.77. The topological polar surface area (TPSA) is 29.5 Å². The van der Waals surface area contributed by atoms with Crippen molar-refractivity contribution in [3.63, 3.8) is 0 Å². The molecule has 2 aliphatic rings. The molecule has 16 heavy (non-hydrogen) atoms. The molecule has 4 heteroatoms. The summed E-state index contributed by atoms with van der Waals surface area (Å²) in [5.41, 5.74) is 2.53. The molecular formula is C12H19NO2S. The Labute approximate surface area is 101 Å². The summed E-state index contributed by atoms with van der Waals surface area (Å²) in [7, 11) is 1.61. The molecule has 0 saturated carbocycles. The highest BCUT2D eigenvalue weighted by Crippen LogP contribution is 2.46. The van der Waals surface area contributed by atoms with Gasteiger partial charge in [0.2, 0.25) is 0 Å². The molecule has 0 bridgehead atoms. The van der Waals surface area contributed by atoms with E-state index < -0.39 is 0 Å². The van der Waals surface area contributed by atoms with Crippen LogP contribution >= 0.6 is 11.8 Å². The zero-order chi connectivity index (χ0) is 12.1. The lowest BCUT2D eigenvalue weighted by Crippen LogP contribution is -2.65. The molecule has 1 fully saturated rings. The third kappa shape index (κ3) is 1.59. The molecule has 90 valence electrons. The minimum absolute atomic E-state index is 0.0255. The number of amides is 1. The van der Waals surface area contributed by atoms with Crippen LogP contribution in [0.5, 0.6) is 0 Å². The monoisotopic (exact) mass is 241 g/mol. The highest BCUT2D eigenvalue weighted by Gasteiger charge is 2.53. The Hall–Kier alpha value is -0.480. The van der Waals surface area contributed by atoms with Crippen LogP contribution in [0.15, 0.2) is 11.3 Å². The van der Waals surface area contributed by atoms with Crippen molar-refractivity contribution in [3.05, 3.63) is 11.3 Å². The van der Waals surface area contributed by atoms with E-state index in [-0.39, 0.29) is 22.8 Å². The Balaban J connectivity index is 2.34. The predicted octanol–water partition coefficient (Wildman–Crippen LogP) is 2.24. The molecule has 0 N–H and O–H groups in total. The van der Waals surface area contributed by atoms with Gasteiger partial charge < -0.3 is 4.74 Å². The Morgan fingerprint density at radius 1 is 1.44 bits per heavy atom. The molecule has 0 aromatic carbocycles. The number of carbonyl (C=O) groups is 1. The van der Waals surface area contributed by atoms with Crippen LogP contribution in [0.3, 0.4) is 0 Å². The van der Waals surface area contributed by atoms with Gasteiger partial charge in [-0.25, -0.2) is 0 Å². The second-order valence-electron chi connectivity index (χ2n) is 5.45. The molecule has 2 aliphatic heterocycles. The number of methoxy groups -OCH3 is 1. The van der Waals surface area contributed by atoms with Crippen LogP contribution in [-0.4, -0.2) is 35.1 Å². The molecule has 1 saturated heterocycles. The number of hydrogen-bond acceptors (Lipinski definition) is 3. The fraction of sp³-hybridized carbons (Fsp3) is 0.750. The van der Waals surface area contributed by atoms with Crippen molar-refractivity contribution in [2.75, 3.05) is 12.9 Å². The van der Waals surface area contributed by atoms with Crippen molar-refractivity contribution in [3.8, 4) is 0 Å². The highest BCUT2D eigenvalue weighted by atomic mass is 32.2. The van der Waals surface area contributed by atoms with Gasteiger partial charge in [-0.15, -0.1) is 11.8 Å². The highest BCUT2D eigenvalue weighted by molar-refractivity contribution is 8.00. The van der Waals surface area contributed by atoms with Crippen LogP contribution < -0.4 is 0 Å². The fourth-order valence-corrected chi connectivity index (χ4v) is 3.86. The summed E-state index contributed by atoms with van der Waals surface area (Å²) in [6.07, 6.45) is -0.240. The largest absolute Gasteiger partial charge is 0.368 e. The van der Waals surface area contributed by atoms with E-state index in [9.17, 15) is 4.79 Å². The number of rotatable bonds is 1. The number of nitrogens with zero attached hydrogens (tertiary/aromatic N) is 1. The quantitative estimate of drug-likeness (QED) is 0.659. The lowest BCUT2D eigenvalue weighted by Gasteiger charge is -2.52. The minimum Gasteiger partial charge on any atom is -0.368 e. The van der Waals surface area contributed by atoms with Gasteiger partial charge >= 0.3 is 0 Å². The van der Waals surface area contributed by atoms with E-state index in [4.69, 9.17) is 4.74 Å². The zero-order valence-electron chi connectivity index (χ0n) is 10.5. The number of allylic oxidation sites excluding steroid dienone is 1. The van der Waals surface area contributed by atoms with Crippen molar-refractivity contribution in [1.82, 2.24) is 4.90 Å². The molecule has 2 rings (SSSR count). The molecule has 0 aromatic rings. The fourth-order valence-electron chi connectivity index (χ4n) is 2.54. The van der Waals surface area contributed by atoms with Gasteiger partial charge in [-0.2, -0.15) is 0 Å². The average Bonchev–Trinajstić information content (AvgIpc) is 2.17. The van der Waals surface area contributed by atoms with Crippen LogP contribution in [0, 0.1) is 5.41 Å². The van der Waals surface area contributed by atoms with E-state index in [1.807, 2.05) is 4.90 Å². The van der Waals surface area contributed by atoms with Gasteiger partial charge in [0.15, 0.2) is 6.10 Å². The van der Waals surface area contributed by atoms with Gasteiger partial charge in [0.1, 0.15) is 5.37 Å². The van der Waals surface area contributed by atoms with Gasteiger partial charge in [0, 0.05) is 24.0 Å². The molecule has 0 unspecified atom stereocenters. The zero-order valence-corrected chi connectivity index (χ0v) is 11.4. The molecule has 0 spiro atoms. The van der Waals surface area contributed by atoms with Gasteiger partial charge in [-0.05, 0) is 12.5 Å². The van der Waals surface area contributed by atoms with Gasteiger partial charge in [-0.1, -0.05) is 20.8 Å². The maximum atomic E-state index is 12.0. The molecule has 3 nitrogen and oxygen atoms in total. The Morgan fingerprint density at radius 2 is 2.06 bits per heavy atom. The van der Waals surface area contributed by atoms with Gasteiger partial charge in [0.05, 0.1) is 0 Å². The molecule has 2 heterocycles. The van der Waals surface area contributed by atoms with Crippen LogP contribution in [0.4, 0.5) is 0 Å². The maximum Gasteiger partial charge on any atom is 0.260 e. The van der Waals surface area contributed by atoms with Gasteiger partial charge in [-0.3, -0.25) is 9.69 Å². The Kier molecular flexibility index (Phi) is 2.83. The van der Waals surface area contributed by atoms with Crippen molar-refractivity contribution < 1.29 is 9.53 Å². The summed E-state index contributed by atoms with van der Waals surface area (Å²) in [6, 6.07) is 0. The number of carbonyl (C=O) groups excluding carboxylic acids is 1. The lowest BCUT2D eigenvalue weighted by molar-refractivity contribution is -0.159. The smallest absolute Gasteiger partial charge is 0.260 e. The molecule has 2 atom stereocenters. The molecule has 0 radical (unpaired) electrons. The average molecular weight is 241 g/mol. The van der Waals surface area contributed by atoms with Crippen LogP contribution in [0.25, 0.3) is 0 Å². The van der Waals surface area contributed by atoms with Crippen molar-refractivity contribution in [1.29, 1.82) is 0 Å². The number of ether oxygens (including phenoxy) is 1. The maximum absolute atomic E-state index is 12.0. The van der Waals surface area contributed by atoms with E-state index in [1.54, 1.807) is 18.9 Å². The molecular weight excluding hydrogens is 222 g/mol. The van der Waals surface area contributed by atoms with Gasteiger partial charge in [0.25, 0.3) is 5.91 Å². The van der Waals surface area contributed by atoms with Crippen LogP contribution in [0.1, 0.15) is 27.7 Å². The summed E-state index contributed by atoms with van der Waals surface area (Å²) in [4.78, 5) is 13.9. The van der Waals surface area contributed by atoms with E-state index in [0.29, 0.717) is 0 Å². The standard InChI is InChI=1S/C12H19NO2S/c1-7-6-16-11-8(15-5)10(14)13(11)9(7)12(2,3)4/h8,11H,6H2,1-5H3/t8-,11-/m0/s1. The summed E-state index contributed by atoms with van der Waals surface area (Å²) >= 11 is 1.80. The summed E-state index contributed by atoms with van der Waals surface area (Å²) < 4.78 is 5.23. The van der Waals surface area contributed by atoms with E-state index >= 15 is 0 Å². The molecule has 0 aromatic heterocycles. The second-order valence-corrected chi connectivity index (χ2v) is 6.55. The SMILES string of the molecule is CO[C@H]1C(=O)N2C(C(C)(C)C)=C(C)CS[C@@H]12. The first-order chi connectivity index (χ1) is 7.38. The molecule has 0 aliphatic carbocycles. The lowest BCUT2D eigenvalue weighted by atomic mass is 9.86. The Morgan fingerprint density at radius 3 is 2.56 bits per heavy atom. The number of β-lactam (4-membered cyclic amide) rings is 1. The van der Waals surface area contributed by atoms with Crippen LogP contribution in [0.2, 0.25) is 0 Å². The third-order valence-electron chi connectivity index (χ3n) is 3.07. The molecule has 1 amide bonds. The first kappa shape index (κ1) is 12.0. The predicted molar refractivity (Wildman–Crippen MR) is 66.0 cm³/mol. The summed E-state index contributed by atoms with van der Waals surface area (Å²) in [5.74, 6) is 1.12. The first-order valence-electron chi connectivity index (χ1n) is 5.55. The van der Waals surface area contributed by atoms with Crippen molar-refractivity contribution in [2.45, 2.75) is 39.2 Å². The first-order valence-corrected chi connectivity index (χ1v) is 6.60. The number of fused-ring (bicyclic) bond motifs is 1. The third-order valence-corrected chi connectivity index (χ3v) is 4.47. The van der Waals surface area contributed by atoms with E-state index in [0.717, 1.165) is 5.75 Å². The summed E-state index contributed by atoms with van der Waals surface area (Å²) in [6.45, 7) is 8.60. The Bertz CT molecular complexity index is 357. The number of thioether (sulfide) groups is 1. The van der Waals surface area contributed by atoms with Crippen LogP contribution in [-0.2, 0) is 9.53 Å². The van der Waals surface area contributed by atoms with E-state index in [2.05, 4.69) is 27.7 Å². The summed E-state index contributed by atoms with van der Waals surface area (Å²) in [5, 5.41) is 0.190. The minimum atomic E-state index is -0.240. The van der Waals surface area contributed by atoms with Crippen molar-refractivity contribution in [2.24, 2.45) is 5.41 Å². The number of hydrogen-bond donors (Lipinski definition) is 0. The van der Waals surface area contributed by atoms with Crippen molar-refractivity contribution >= 4 is 17.7 Å². The normalized spacial score (nSPS) is 30.3. The van der Waals surface area contributed by atoms with E-state index in [1.165, 1.54) is 11.3 Å².